The van der Waals surface area contributed by atoms with Crippen LogP contribution in [0.25, 0.3) is 0 Å². The second kappa shape index (κ2) is 7.74. The topological polar surface area (TPSA) is 69.8 Å². The summed E-state index contributed by atoms with van der Waals surface area (Å²) in [4.78, 5) is 16.1. The first kappa shape index (κ1) is 19.4. The fourth-order valence-corrected chi connectivity index (χ4v) is 3.48. The minimum Gasteiger partial charge on any atom is -0.379 e. The number of hydrogen-bond donors (Lipinski definition) is 1. The quantitative estimate of drug-likeness (QED) is 0.834. The Morgan fingerprint density at radius 1 is 1.33 bits per heavy atom. The summed E-state index contributed by atoms with van der Waals surface area (Å²) in [5.74, 6) is -1.63. The van der Waals surface area contributed by atoms with Crippen molar-refractivity contribution in [2.24, 2.45) is 0 Å². The van der Waals surface area contributed by atoms with E-state index >= 15 is 0 Å². The molecule has 8 heteroatoms. The van der Waals surface area contributed by atoms with Crippen LogP contribution >= 0.6 is 0 Å². The number of likely N-dealkylation sites (N-methyl/N-ethyl adjacent to an activating group) is 1. The molecule has 0 saturated carbocycles. The van der Waals surface area contributed by atoms with Gasteiger partial charge in [-0.15, -0.1) is 0 Å². The SMILES string of the molecule is Cc1cc(CN(C)CC2(O)CCCN(Cc3ccc(F)c(F)c3)C2=O)on1. The van der Waals surface area contributed by atoms with E-state index in [2.05, 4.69) is 5.16 Å². The van der Waals surface area contributed by atoms with Crippen molar-refractivity contribution in [2.45, 2.75) is 38.5 Å². The number of likely N-dealkylation sites (tertiary alicyclic amines) is 1. The molecule has 146 valence electrons. The van der Waals surface area contributed by atoms with Crippen LogP contribution in [0.2, 0.25) is 0 Å². The first-order chi connectivity index (χ1) is 12.8. The summed E-state index contributed by atoms with van der Waals surface area (Å²) in [6, 6.07) is 5.36. The predicted octanol–water partition coefficient (Wildman–Crippen LogP) is 2.25. The van der Waals surface area contributed by atoms with Gasteiger partial charge in [0.25, 0.3) is 5.91 Å². The van der Waals surface area contributed by atoms with Crippen LogP contribution in [0.3, 0.4) is 0 Å². The molecule has 27 heavy (non-hydrogen) atoms. The molecule has 1 amide bonds. The number of hydrogen-bond acceptors (Lipinski definition) is 5. The number of rotatable bonds is 6. The van der Waals surface area contributed by atoms with Crippen LogP contribution in [-0.2, 0) is 17.9 Å². The first-order valence-electron chi connectivity index (χ1n) is 8.83. The van der Waals surface area contributed by atoms with E-state index in [0.717, 1.165) is 17.8 Å². The molecule has 3 rings (SSSR count). The fourth-order valence-electron chi connectivity index (χ4n) is 3.48. The molecule has 0 bridgehead atoms. The summed E-state index contributed by atoms with van der Waals surface area (Å²) in [6.45, 7) is 2.97. The monoisotopic (exact) mass is 379 g/mol. The second-order valence-electron chi connectivity index (χ2n) is 7.22. The highest BCUT2D eigenvalue weighted by molar-refractivity contribution is 5.86. The van der Waals surface area contributed by atoms with Crippen molar-refractivity contribution in [3.05, 3.63) is 52.9 Å². The molecule has 1 saturated heterocycles. The van der Waals surface area contributed by atoms with Crippen LogP contribution in [0.1, 0.15) is 29.9 Å². The number of amides is 1. The third kappa shape index (κ3) is 4.51. The molecular formula is C19H23F2N3O3. The highest BCUT2D eigenvalue weighted by atomic mass is 19.2. The number of aromatic nitrogens is 1. The van der Waals surface area contributed by atoms with Gasteiger partial charge in [0, 0.05) is 25.7 Å². The Kier molecular flexibility index (Phi) is 5.57. The van der Waals surface area contributed by atoms with Crippen LogP contribution in [0.15, 0.2) is 28.8 Å². The Hall–Kier alpha value is -2.32. The molecule has 1 aliphatic rings. The zero-order valence-electron chi connectivity index (χ0n) is 15.4. The molecule has 1 aromatic heterocycles. The molecule has 0 spiro atoms. The maximum atomic E-state index is 13.4. The van der Waals surface area contributed by atoms with E-state index in [1.165, 1.54) is 11.0 Å². The van der Waals surface area contributed by atoms with E-state index in [1.807, 2.05) is 6.92 Å². The van der Waals surface area contributed by atoms with Crippen LogP contribution < -0.4 is 0 Å². The van der Waals surface area contributed by atoms with E-state index in [4.69, 9.17) is 4.52 Å². The van der Waals surface area contributed by atoms with Crippen LogP contribution in [0.5, 0.6) is 0 Å². The molecule has 2 aromatic rings. The zero-order chi connectivity index (χ0) is 19.6. The lowest BCUT2D eigenvalue weighted by Gasteiger charge is -2.40. The van der Waals surface area contributed by atoms with Gasteiger partial charge in [-0.1, -0.05) is 11.2 Å². The summed E-state index contributed by atoms with van der Waals surface area (Å²) in [5.41, 5.74) is -0.277. The van der Waals surface area contributed by atoms with E-state index in [1.54, 1.807) is 18.0 Å². The highest BCUT2D eigenvalue weighted by Gasteiger charge is 2.42. The number of aliphatic hydroxyl groups is 1. The van der Waals surface area contributed by atoms with Gasteiger partial charge in [-0.2, -0.15) is 0 Å². The Morgan fingerprint density at radius 2 is 2.11 bits per heavy atom. The normalized spacial score (nSPS) is 20.5. The first-order valence-corrected chi connectivity index (χ1v) is 8.83. The molecule has 1 N–H and O–H groups in total. The van der Waals surface area contributed by atoms with E-state index in [9.17, 15) is 18.7 Å². The average molecular weight is 379 g/mol. The Bertz CT molecular complexity index is 826. The standard InChI is InChI=1S/C19H23F2N3O3/c1-13-8-15(27-22-13)11-23(2)12-19(26)6-3-7-24(18(19)25)10-14-4-5-16(20)17(21)9-14/h4-5,8-9,26H,3,6-7,10-12H2,1-2H3. The molecule has 0 aliphatic carbocycles. The van der Waals surface area contributed by atoms with Gasteiger partial charge >= 0.3 is 0 Å². The van der Waals surface area contributed by atoms with E-state index in [-0.39, 0.29) is 13.1 Å². The van der Waals surface area contributed by atoms with Crippen molar-refractivity contribution in [3.8, 4) is 0 Å². The molecule has 1 unspecified atom stereocenters. The number of benzene rings is 1. The van der Waals surface area contributed by atoms with Gasteiger partial charge in [0.05, 0.1) is 12.2 Å². The molecule has 1 aliphatic heterocycles. The lowest BCUT2D eigenvalue weighted by atomic mass is 9.90. The number of piperidine rings is 1. The number of carbonyl (C=O) groups excluding carboxylic acids is 1. The maximum absolute atomic E-state index is 13.4. The van der Waals surface area contributed by atoms with Crippen molar-refractivity contribution < 1.29 is 23.2 Å². The number of halogens is 2. The fraction of sp³-hybridized carbons (Fsp3) is 0.474. The van der Waals surface area contributed by atoms with Gasteiger partial charge in [0.15, 0.2) is 23.0 Å². The van der Waals surface area contributed by atoms with Crippen molar-refractivity contribution in [2.75, 3.05) is 20.1 Å². The van der Waals surface area contributed by atoms with Gasteiger partial charge in [-0.3, -0.25) is 9.69 Å². The Labute approximate surface area is 156 Å². The predicted molar refractivity (Wildman–Crippen MR) is 93.5 cm³/mol. The molecule has 2 heterocycles. The molecule has 1 aromatic carbocycles. The van der Waals surface area contributed by atoms with Gasteiger partial charge < -0.3 is 14.5 Å². The summed E-state index contributed by atoms with van der Waals surface area (Å²) >= 11 is 0. The van der Waals surface area contributed by atoms with E-state index < -0.39 is 23.1 Å². The number of nitrogens with zero attached hydrogens (tertiary/aromatic N) is 3. The molecule has 0 radical (unpaired) electrons. The lowest BCUT2D eigenvalue weighted by molar-refractivity contribution is -0.160. The van der Waals surface area contributed by atoms with Crippen LogP contribution in [-0.4, -0.2) is 51.7 Å². The minimum absolute atomic E-state index is 0.128. The van der Waals surface area contributed by atoms with E-state index in [0.29, 0.717) is 37.3 Å². The molecular weight excluding hydrogens is 356 g/mol. The Balaban J connectivity index is 1.66. The number of aryl methyl sites for hydroxylation is 1. The molecule has 1 fully saturated rings. The molecule has 6 nitrogen and oxygen atoms in total. The van der Waals surface area contributed by atoms with Crippen LogP contribution in [0.4, 0.5) is 8.78 Å². The highest BCUT2D eigenvalue weighted by Crippen LogP contribution is 2.26. The second-order valence-corrected chi connectivity index (χ2v) is 7.22. The zero-order valence-corrected chi connectivity index (χ0v) is 15.4. The summed E-state index contributed by atoms with van der Waals surface area (Å²) in [6.07, 6.45) is 0.973. The largest absolute Gasteiger partial charge is 0.379 e. The van der Waals surface area contributed by atoms with Gasteiger partial charge in [-0.25, -0.2) is 8.78 Å². The lowest BCUT2D eigenvalue weighted by Crippen LogP contribution is -2.57. The van der Waals surface area contributed by atoms with Crippen molar-refractivity contribution in [1.29, 1.82) is 0 Å². The number of carbonyl (C=O) groups is 1. The minimum atomic E-state index is -1.53. The van der Waals surface area contributed by atoms with Crippen LogP contribution in [0, 0.1) is 18.6 Å². The van der Waals surface area contributed by atoms with Crippen molar-refractivity contribution in [3.63, 3.8) is 0 Å². The average Bonchev–Trinajstić information content (AvgIpc) is 3.00. The smallest absolute Gasteiger partial charge is 0.256 e. The van der Waals surface area contributed by atoms with Crippen molar-refractivity contribution >= 4 is 5.91 Å². The van der Waals surface area contributed by atoms with Crippen molar-refractivity contribution in [1.82, 2.24) is 15.0 Å². The summed E-state index contributed by atoms with van der Waals surface area (Å²) in [7, 11) is 1.79. The van der Waals surface area contributed by atoms with Gasteiger partial charge in [0.1, 0.15) is 0 Å². The summed E-state index contributed by atoms with van der Waals surface area (Å²) < 4.78 is 31.7. The van der Waals surface area contributed by atoms with Gasteiger partial charge in [-0.05, 0) is 44.5 Å². The Morgan fingerprint density at radius 3 is 2.78 bits per heavy atom. The maximum Gasteiger partial charge on any atom is 0.256 e. The molecule has 1 atom stereocenters. The third-order valence-corrected chi connectivity index (χ3v) is 4.70. The third-order valence-electron chi connectivity index (χ3n) is 4.70. The van der Waals surface area contributed by atoms with Gasteiger partial charge in [0.2, 0.25) is 0 Å². The summed E-state index contributed by atoms with van der Waals surface area (Å²) in [5, 5.41) is 14.8.